The van der Waals surface area contributed by atoms with Crippen molar-refractivity contribution in [3.05, 3.63) is 23.8 Å². The number of hydrogen-bond donors (Lipinski definition) is 2. The Balaban J connectivity index is 2.54. The fourth-order valence-corrected chi connectivity index (χ4v) is 2.32. The second-order valence-corrected chi connectivity index (χ2v) is 5.92. The lowest BCUT2D eigenvalue weighted by Gasteiger charge is -2.22. The summed E-state index contributed by atoms with van der Waals surface area (Å²) in [5.74, 6) is 0.790. The molecule has 0 unspecified atom stereocenters. The summed E-state index contributed by atoms with van der Waals surface area (Å²) in [5, 5.41) is 4.02. The minimum Gasteiger partial charge on any atom is -0.369 e. The standard InChI is InChI=1S/C17H25N5O/c1-5-6-10-19-15-14-12(16(23)22(4)11(2)3)8-7-9-13(14)20-17(18)21-15/h7-9,11H,5-6,10H2,1-4H3,(H3,18,19,20,21). The lowest BCUT2D eigenvalue weighted by atomic mass is 10.1. The number of nitrogens with one attached hydrogen (secondary N) is 1. The summed E-state index contributed by atoms with van der Waals surface area (Å²) in [6, 6.07) is 5.61. The minimum atomic E-state index is -0.0440. The van der Waals surface area contributed by atoms with Gasteiger partial charge in [-0.15, -0.1) is 0 Å². The predicted molar refractivity (Wildman–Crippen MR) is 94.6 cm³/mol. The Hall–Kier alpha value is -2.37. The van der Waals surface area contributed by atoms with Gasteiger partial charge in [-0.2, -0.15) is 4.98 Å². The molecule has 124 valence electrons. The van der Waals surface area contributed by atoms with E-state index in [1.165, 1.54) is 0 Å². The number of anilines is 2. The molecule has 1 heterocycles. The van der Waals surface area contributed by atoms with Gasteiger partial charge in [0.1, 0.15) is 5.82 Å². The number of nitrogen functional groups attached to an aromatic ring is 1. The normalized spacial score (nSPS) is 11.0. The molecule has 1 aromatic heterocycles. The Kier molecular flexibility index (Phi) is 5.36. The van der Waals surface area contributed by atoms with E-state index < -0.39 is 0 Å². The van der Waals surface area contributed by atoms with E-state index in [-0.39, 0.29) is 17.9 Å². The van der Waals surface area contributed by atoms with Crippen LogP contribution in [0.1, 0.15) is 44.0 Å². The summed E-state index contributed by atoms with van der Waals surface area (Å²) in [6.45, 7) is 6.88. The van der Waals surface area contributed by atoms with Crippen LogP contribution in [-0.2, 0) is 0 Å². The molecule has 0 aliphatic heterocycles. The Labute approximate surface area is 137 Å². The van der Waals surface area contributed by atoms with E-state index >= 15 is 0 Å². The molecule has 2 rings (SSSR count). The highest BCUT2D eigenvalue weighted by atomic mass is 16.2. The van der Waals surface area contributed by atoms with Gasteiger partial charge >= 0.3 is 0 Å². The number of aromatic nitrogens is 2. The summed E-state index contributed by atoms with van der Waals surface area (Å²) >= 11 is 0. The molecule has 0 fully saturated rings. The van der Waals surface area contributed by atoms with Crippen LogP contribution in [0, 0.1) is 0 Å². The second kappa shape index (κ2) is 7.26. The maximum Gasteiger partial charge on any atom is 0.254 e. The van der Waals surface area contributed by atoms with Crippen LogP contribution < -0.4 is 11.1 Å². The summed E-state index contributed by atoms with van der Waals surface area (Å²) in [6.07, 6.45) is 2.10. The van der Waals surface area contributed by atoms with Crippen molar-refractivity contribution in [3.8, 4) is 0 Å². The number of hydrogen-bond acceptors (Lipinski definition) is 5. The zero-order valence-electron chi connectivity index (χ0n) is 14.3. The first-order valence-corrected chi connectivity index (χ1v) is 8.03. The first kappa shape index (κ1) is 17.0. The van der Waals surface area contributed by atoms with Crippen LogP contribution in [0.5, 0.6) is 0 Å². The van der Waals surface area contributed by atoms with Gasteiger partial charge in [-0.05, 0) is 32.4 Å². The summed E-state index contributed by atoms with van der Waals surface area (Å²) in [7, 11) is 1.80. The van der Waals surface area contributed by atoms with Crippen molar-refractivity contribution in [2.75, 3.05) is 24.6 Å². The van der Waals surface area contributed by atoms with Crippen LogP contribution in [0.25, 0.3) is 10.9 Å². The van der Waals surface area contributed by atoms with Crippen molar-refractivity contribution in [2.24, 2.45) is 0 Å². The summed E-state index contributed by atoms with van der Waals surface area (Å²) in [4.78, 5) is 23.1. The first-order valence-electron chi connectivity index (χ1n) is 8.03. The van der Waals surface area contributed by atoms with Crippen molar-refractivity contribution >= 4 is 28.6 Å². The van der Waals surface area contributed by atoms with E-state index in [2.05, 4.69) is 22.2 Å². The number of carbonyl (C=O) groups excluding carboxylic acids is 1. The largest absolute Gasteiger partial charge is 0.369 e. The molecule has 0 saturated heterocycles. The highest BCUT2D eigenvalue weighted by molar-refractivity contribution is 6.10. The quantitative estimate of drug-likeness (QED) is 0.801. The number of unbranched alkanes of at least 4 members (excludes halogenated alkanes) is 1. The zero-order chi connectivity index (χ0) is 17.0. The molecule has 1 amide bonds. The average molecular weight is 315 g/mol. The van der Waals surface area contributed by atoms with E-state index in [0.717, 1.165) is 24.8 Å². The number of rotatable bonds is 6. The predicted octanol–water partition coefficient (Wildman–Crippen LogP) is 2.90. The van der Waals surface area contributed by atoms with Gasteiger partial charge in [0.25, 0.3) is 5.91 Å². The maximum absolute atomic E-state index is 12.8. The van der Waals surface area contributed by atoms with Gasteiger partial charge in [0.2, 0.25) is 5.95 Å². The Morgan fingerprint density at radius 3 is 2.74 bits per heavy atom. The number of fused-ring (bicyclic) bond motifs is 1. The van der Waals surface area contributed by atoms with E-state index in [1.807, 2.05) is 32.0 Å². The smallest absolute Gasteiger partial charge is 0.254 e. The molecular formula is C17H25N5O. The number of amides is 1. The van der Waals surface area contributed by atoms with E-state index in [0.29, 0.717) is 16.9 Å². The molecular weight excluding hydrogens is 290 g/mol. The monoisotopic (exact) mass is 315 g/mol. The Bertz CT molecular complexity index is 699. The zero-order valence-corrected chi connectivity index (χ0v) is 14.3. The number of nitrogens with zero attached hydrogens (tertiary/aromatic N) is 3. The molecule has 2 aromatic rings. The van der Waals surface area contributed by atoms with Crippen LogP contribution in [0.2, 0.25) is 0 Å². The van der Waals surface area contributed by atoms with Crippen LogP contribution >= 0.6 is 0 Å². The maximum atomic E-state index is 12.8. The van der Waals surface area contributed by atoms with Gasteiger partial charge in [-0.25, -0.2) is 4.98 Å². The molecule has 1 aromatic carbocycles. The molecule has 23 heavy (non-hydrogen) atoms. The van der Waals surface area contributed by atoms with Gasteiger partial charge in [0.05, 0.1) is 16.5 Å². The van der Waals surface area contributed by atoms with Crippen molar-refractivity contribution in [2.45, 2.75) is 39.7 Å². The molecule has 0 radical (unpaired) electrons. The third kappa shape index (κ3) is 3.70. The van der Waals surface area contributed by atoms with E-state index in [1.54, 1.807) is 11.9 Å². The molecule has 0 aliphatic rings. The SMILES string of the molecule is CCCCNc1nc(N)nc2cccc(C(=O)N(C)C(C)C)c12. The summed E-state index contributed by atoms with van der Waals surface area (Å²) in [5.41, 5.74) is 7.08. The summed E-state index contributed by atoms with van der Waals surface area (Å²) < 4.78 is 0. The molecule has 0 bridgehead atoms. The van der Waals surface area contributed by atoms with Crippen molar-refractivity contribution in [1.82, 2.24) is 14.9 Å². The number of benzene rings is 1. The number of carbonyl (C=O) groups is 1. The van der Waals surface area contributed by atoms with Crippen molar-refractivity contribution < 1.29 is 4.79 Å². The molecule has 0 atom stereocenters. The number of nitrogens with two attached hydrogens (primary N) is 1. The van der Waals surface area contributed by atoms with Gasteiger partial charge in [0.15, 0.2) is 0 Å². The fourth-order valence-electron chi connectivity index (χ4n) is 2.32. The Morgan fingerprint density at radius 1 is 1.35 bits per heavy atom. The lowest BCUT2D eigenvalue weighted by molar-refractivity contribution is 0.0757. The molecule has 0 aliphatic carbocycles. The van der Waals surface area contributed by atoms with Crippen LogP contribution in [0.15, 0.2) is 18.2 Å². The first-order chi connectivity index (χ1) is 11.0. The molecule has 6 heteroatoms. The molecule has 0 spiro atoms. The van der Waals surface area contributed by atoms with Gasteiger partial charge in [-0.3, -0.25) is 4.79 Å². The topological polar surface area (TPSA) is 84.1 Å². The minimum absolute atomic E-state index is 0.0440. The van der Waals surface area contributed by atoms with Crippen LogP contribution in [0.3, 0.4) is 0 Å². The van der Waals surface area contributed by atoms with Crippen LogP contribution in [0.4, 0.5) is 11.8 Å². The van der Waals surface area contributed by atoms with Gasteiger partial charge < -0.3 is 16.0 Å². The third-order valence-corrected chi connectivity index (χ3v) is 3.89. The molecule has 3 N–H and O–H groups in total. The van der Waals surface area contributed by atoms with Gasteiger partial charge in [0, 0.05) is 19.6 Å². The fraction of sp³-hybridized carbons (Fsp3) is 0.471. The molecule has 6 nitrogen and oxygen atoms in total. The van der Waals surface area contributed by atoms with Crippen LogP contribution in [-0.4, -0.2) is 40.4 Å². The third-order valence-electron chi connectivity index (χ3n) is 3.89. The lowest BCUT2D eigenvalue weighted by Crippen LogP contribution is -2.33. The van der Waals surface area contributed by atoms with E-state index in [9.17, 15) is 4.79 Å². The average Bonchev–Trinajstić information content (AvgIpc) is 2.52. The molecule has 0 saturated carbocycles. The van der Waals surface area contributed by atoms with Gasteiger partial charge in [-0.1, -0.05) is 19.4 Å². The highest BCUT2D eigenvalue weighted by Gasteiger charge is 2.20. The van der Waals surface area contributed by atoms with E-state index in [4.69, 9.17) is 5.73 Å². The highest BCUT2D eigenvalue weighted by Crippen LogP contribution is 2.26. The van der Waals surface area contributed by atoms with Crippen molar-refractivity contribution in [3.63, 3.8) is 0 Å². The Morgan fingerprint density at radius 2 is 2.09 bits per heavy atom. The second-order valence-electron chi connectivity index (χ2n) is 5.92. The van der Waals surface area contributed by atoms with Crippen molar-refractivity contribution in [1.29, 1.82) is 0 Å².